The van der Waals surface area contributed by atoms with Gasteiger partial charge in [0.25, 0.3) is 10.2 Å². The highest BCUT2D eigenvalue weighted by atomic mass is 32.2. The molecular formula is C9H19N3O6S2. The predicted octanol–water partition coefficient (Wildman–Crippen LogP) is -1.69. The Bertz CT molecular complexity index is 544. The molecule has 0 radical (unpaired) electrons. The summed E-state index contributed by atoms with van der Waals surface area (Å²) in [5, 5.41) is 9.02. The molecule has 0 aromatic rings. The minimum atomic E-state index is -4.00. The zero-order chi connectivity index (χ0) is 15.4. The van der Waals surface area contributed by atoms with Crippen molar-refractivity contribution in [3.8, 4) is 0 Å². The standard InChI is InChI=1S/C9H19N3O6S2/c1-10-19(15,16)7-5-11-20(17,18)12-6-3-2-4-8(12)9(13)14/h8,10-11H,2-7H2,1H3,(H,13,14). The minimum absolute atomic E-state index is 0.116. The first kappa shape index (κ1) is 17.3. The van der Waals surface area contributed by atoms with Gasteiger partial charge in [0.1, 0.15) is 6.04 Å². The van der Waals surface area contributed by atoms with Gasteiger partial charge in [-0.05, 0) is 26.3 Å². The van der Waals surface area contributed by atoms with Crippen LogP contribution in [-0.4, -0.2) is 64.1 Å². The Hall–Kier alpha value is -0.750. The van der Waals surface area contributed by atoms with Gasteiger partial charge < -0.3 is 5.11 Å². The van der Waals surface area contributed by atoms with Crippen LogP contribution in [0.3, 0.4) is 0 Å². The summed E-state index contributed by atoms with van der Waals surface area (Å²) in [6, 6.07) is -1.10. The summed E-state index contributed by atoms with van der Waals surface area (Å²) in [5.41, 5.74) is 0. The van der Waals surface area contributed by atoms with E-state index in [4.69, 9.17) is 5.11 Å². The second-order valence-corrected chi connectivity index (χ2v) is 8.14. The van der Waals surface area contributed by atoms with Gasteiger partial charge in [0.15, 0.2) is 0 Å². The number of sulfonamides is 1. The lowest BCUT2D eigenvalue weighted by atomic mass is 10.1. The van der Waals surface area contributed by atoms with Crippen LogP contribution in [0.25, 0.3) is 0 Å². The molecule has 1 aliphatic heterocycles. The maximum absolute atomic E-state index is 12.0. The summed E-state index contributed by atoms with van der Waals surface area (Å²) in [7, 11) is -6.28. The van der Waals surface area contributed by atoms with E-state index in [0.717, 1.165) is 4.31 Å². The molecule has 118 valence electrons. The molecule has 1 heterocycles. The van der Waals surface area contributed by atoms with Gasteiger partial charge in [-0.1, -0.05) is 0 Å². The fourth-order valence-corrected chi connectivity index (χ4v) is 4.06. The number of nitrogens with one attached hydrogen (secondary N) is 2. The number of carbonyl (C=O) groups is 1. The van der Waals surface area contributed by atoms with E-state index in [1.165, 1.54) is 7.05 Å². The van der Waals surface area contributed by atoms with Crippen LogP contribution in [0.2, 0.25) is 0 Å². The molecule has 0 spiro atoms. The Morgan fingerprint density at radius 1 is 1.30 bits per heavy atom. The molecule has 9 nitrogen and oxygen atoms in total. The van der Waals surface area contributed by atoms with Crippen LogP contribution in [0.5, 0.6) is 0 Å². The topological polar surface area (TPSA) is 133 Å². The molecule has 0 saturated carbocycles. The molecule has 3 N–H and O–H groups in total. The molecule has 20 heavy (non-hydrogen) atoms. The molecule has 0 aromatic carbocycles. The second-order valence-electron chi connectivity index (χ2n) is 4.38. The van der Waals surface area contributed by atoms with Gasteiger partial charge in [-0.15, -0.1) is 0 Å². The van der Waals surface area contributed by atoms with E-state index >= 15 is 0 Å². The van der Waals surface area contributed by atoms with Crippen LogP contribution in [0.4, 0.5) is 0 Å². The molecule has 11 heteroatoms. The van der Waals surface area contributed by atoms with Crippen LogP contribution in [0.1, 0.15) is 19.3 Å². The van der Waals surface area contributed by atoms with Gasteiger partial charge >= 0.3 is 5.97 Å². The van der Waals surface area contributed by atoms with Crippen LogP contribution in [0, 0.1) is 0 Å². The summed E-state index contributed by atoms with van der Waals surface area (Å²) in [6.45, 7) is -0.195. The summed E-state index contributed by atoms with van der Waals surface area (Å²) >= 11 is 0. The summed E-state index contributed by atoms with van der Waals surface area (Å²) in [4.78, 5) is 11.1. The van der Waals surface area contributed by atoms with E-state index in [1.54, 1.807) is 0 Å². The fraction of sp³-hybridized carbons (Fsp3) is 0.889. The molecule has 0 bridgehead atoms. The van der Waals surface area contributed by atoms with Crippen LogP contribution < -0.4 is 9.44 Å². The number of rotatable bonds is 7. The van der Waals surface area contributed by atoms with Crippen LogP contribution >= 0.6 is 0 Å². The third kappa shape index (κ3) is 4.66. The van der Waals surface area contributed by atoms with Gasteiger partial charge in [0, 0.05) is 13.1 Å². The number of hydrogen-bond acceptors (Lipinski definition) is 5. The molecule has 1 saturated heterocycles. The van der Waals surface area contributed by atoms with Crippen molar-refractivity contribution in [3.05, 3.63) is 0 Å². The van der Waals surface area contributed by atoms with Crippen molar-refractivity contribution in [2.24, 2.45) is 0 Å². The first-order valence-corrected chi connectivity index (χ1v) is 9.19. The molecule has 0 aliphatic carbocycles. The highest BCUT2D eigenvalue weighted by molar-refractivity contribution is 7.89. The Balaban J connectivity index is 2.69. The quantitative estimate of drug-likeness (QED) is 0.510. The second kappa shape index (κ2) is 6.80. The minimum Gasteiger partial charge on any atom is -0.480 e. The number of nitrogens with zero attached hydrogens (tertiary/aromatic N) is 1. The molecular weight excluding hydrogens is 310 g/mol. The van der Waals surface area contributed by atoms with Gasteiger partial charge in [0.2, 0.25) is 10.0 Å². The van der Waals surface area contributed by atoms with E-state index in [-0.39, 0.29) is 19.5 Å². The van der Waals surface area contributed by atoms with Crippen molar-refractivity contribution in [2.75, 3.05) is 25.9 Å². The highest BCUT2D eigenvalue weighted by Crippen LogP contribution is 2.19. The van der Waals surface area contributed by atoms with E-state index in [9.17, 15) is 21.6 Å². The van der Waals surface area contributed by atoms with Crippen molar-refractivity contribution in [1.82, 2.24) is 13.7 Å². The van der Waals surface area contributed by atoms with Crippen LogP contribution in [0.15, 0.2) is 0 Å². The third-order valence-electron chi connectivity index (χ3n) is 3.01. The lowest BCUT2D eigenvalue weighted by molar-refractivity contribution is -0.142. The fourth-order valence-electron chi connectivity index (χ4n) is 1.93. The van der Waals surface area contributed by atoms with Gasteiger partial charge in [-0.2, -0.15) is 12.7 Å². The first-order chi connectivity index (χ1) is 9.19. The molecule has 1 aliphatic rings. The van der Waals surface area contributed by atoms with E-state index in [2.05, 4.69) is 9.44 Å². The molecule has 1 unspecified atom stereocenters. The Morgan fingerprint density at radius 2 is 1.95 bits per heavy atom. The number of piperidine rings is 1. The molecule has 0 aromatic heterocycles. The van der Waals surface area contributed by atoms with Gasteiger partial charge in [-0.25, -0.2) is 17.9 Å². The van der Waals surface area contributed by atoms with Gasteiger partial charge in [0.05, 0.1) is 5.75 Å². The normalized spacial score (nSPS) is 21.8. The number of hydrogen-bond donors (Lipinski definition) is 3. The van der Waals surface area contributed by atoms with Crippen molar-refractivity contribution in [1.29, 1.82) is 0 Å². The lowest BCUT2D eigenvalue weighted by Crippen LogP contribution is -2.52. The largest absolute Gasteiger partial charge is 0.480 e. The average Bonchev–Trinajstić information content (AvgIpc) is 2.38. The zero-order valence-electron chi connectivity index (χ0n) is 11.1. The van der Waals surface area contributed by atoms with E-state index in [0.29, 0.717) is 12.8 Å². The van der Waals surface area contributed by atoms with Crippen molar-refractivity contribution < 1.29 is 26.7 Å². The van der Waals surface area contributed by atoms with Crippen LogP contribution in [-0.2, 0) is 25.0 Å². The Kier molecular flexibility index (Phi) is 5.89. The smallest absolute Gasteiger partial charge is 0.322 e. The maximum Gasteiger partial charge on any atom is 0.322 e. The number of carboxylic acid groups (broad SMARTS) is 1. The van der Waals surface area contributed by atoms with E-state index in [1.807, 2.05) is 0 Å². The molecule has 1 atom stereocenters. The Labute approximate surface area is 118 Å². The van der Waals surface area contributed by atoms with Crippen molar-refractivity contribution in [3.63, 3.8) is 0 Å². The highest BCUT2D eigenvalue weighted by Gasteiger charge is 2.36. The number of carboxylic acids is 1. The summed E-state index contributed by atoms with van der Waals surface area (Å²) < 4.78 is 51.4. The molecule has 1 fully saturated rings. The summed E-state index contributed by atoms with van der Waals surface area (Å²) in [5.74, 6) is -1.60. The number of aliphatic carboxylic acids is 1. The maximum atomic E-state index is 12.0. The van der Waals surface area contributed by atoms with Crippen molar-refractivity contribution >= 4 is 26.2 Å². The molecule has 0 amide bonds. The van der Waals surface area contributed by atoms with Crippen molar-refractivity contribution in [2.45, 2.75) is 25.3 Å². The lowest BCUT2D eigenvalue weighted by Gasteiger charge is -2.31. The average molecular weight is 329 g/mol. The third-order valence-corrected chi connectivity index (χ3v) is 6.00. The zero-order valence-corrected chi connectivity index (χ0v) is 12.7. The monoisotopic (exact) mass is 329 g/mol. The van der Waals surface area contributed by atoms with E-state index < -0.39 is 38.0 Å². The van der Waals surface area contributed by atoms with Gasteiger partial charge in [-0.3, -0.25) is 4.79 Å². The Morgan fingerprint density at radius 3 is 2.50 bits per heavy atom. The summed E-state index contributed by atoms with van der Waals surface area (Å²) in [6.07, 6.45) is 1.49. The first-order valence-electron chi connectivity index (χ1n) is 6.10. The molecule has 1 rings (SSSR count). The predicted molar refractivity (Wildman–Crippen MR) is 71.7 cm³/mol. The SMILES string of the molecule is CNS(=O)(=O)CCNS(=O)(=O)N1CCCCC1C(=O)O.